The van der Waals surface area contributed by atoms with Crippen LogP contribution in [0.15, 0.2) is 97.7 Å². The Morgan fingerprint density at radius 2 is 1.83 bits per heavy atom. The van der Waals surface area contributed by atoms with E-state index in [1.54, 1.807) is 31.8 Å². The summed E-state index contributed by atoms with van der Waals surface area (Å²) in [5.74, 6) is 0.226. The Bertz CT molecular complexity index is 1590. The molecule has 0 saturated carbocycles. The van der Waals surface area contributed by atoms with Gasteiger partial charge in [0.05, 0.1) is 19.4 Å². The first-order valence-electron chi connectivity index (χ1n) is 13.5. The van der Waals surface area contributed by atoms with Gasteiger partial charge in [-0.15, -0.1) is 0 Å². The molecule has 0 aliphatic carbocycles. The van der Waals surface area contributed by atoms with Gasteiger partial charge < -0.3 is 30.1 Å². The molecule has 5 aromatic rings. The number of H-pyrrole nitrogens is 1. The summed E-state index contributed by atoms with van der Waals surface area (Å²) in [6.45, 7) is -0.0879. The van der Waals surface area contributed by atoms with E-state index in [0.29, 0.717) is 12.2 Å². The zero-order chi connectivity index (χ0) is 28.6. The molecule has 0 spiro atoms. The molecular weight excluding hydrogens is 518 g/mol. The number of carbonyl (C=O) groups is 2. The van der Waals surface area contributed by atoms with Crippen LogP contribution in [0.2, 0.25) is 0 Å². The highest BCUT2D eigenvalue weighted by atomic mass is 16.5. The van der Waals surface area contributed by atoms with E-state index in [9.17, 15) is 9.59 Å². The maximum atomic E-state index is 13.5. The number of rotatable bonds is 13. The highest BCUT2D eigenvalue weighted by Gasteiger charge is 2.29. The van der Waals surface area contributed by atoms with Crippen molar-refractivity contribution in [3.05, 3.63) is 109 Å². The highest BCUT2D eigenvalue weighted by Crippen LogP contribution is 2.28. The number of methoxy groups -OCH3 is 1. The number of nitrogens with zero attached hydrogens (tertiary/aromatic N) is 2. The van der Waals surface area contributed by atoms with Crippen LogP contribution >= 0.6 is 0 Å². The van der Waals surface area contributed by atoms with Gasteiger partial charge in [-0.2, -0.15) is 0 Å². The van der Waals surface area contributed by atoms with Crippen LogP contribution in [0.5, 0.6) is 11.5 Å². The molecule has 0 radical (unpaired) electrons. The van der Waals surface area contributed by atoms with Crippen molar-refractivity contribution in [2.75, 3.05) is 20.3 Å². The number of nitrogens with one attached hydrogen (secondary N) is 2. The number of imidazole rings is 1. The van der Waals surface area contributed by atoms with Crippen molar-refractivity contribution in [2.45, 2.75) is 18.9 Å². The summed E-state index contributed by atoms with van der Waals surface area (Å²) in [6.07, 6.45) is 7.86. The summed E-state index contributed by atoms with van der Waals surface area (Å²) in [5, 5.41) is 3.87. The van der Waals surface area contributed by atoms with E-state index in [-0.39, 0.29) is 31.3 Å². The minimum absolute atomic E-state index is 0.0905. The fourth-order valence-corrected chi connectivity index (χ4v) is 4.89. The molecule has 210 valence electrons. The van der Waals surface area contributed by atoms with Gasteiger partial charge in [-0.1, -0.05) is 36.4 Å². The molecule has 2 unspecified atom stereocenters. The Morgan fingerprint density at radius 1 is 1.05 bits per heavy atom. The van der Waals surface area contributed by atoms with Crippen LogP contribution < -0.4 is 20.5 Å². The van der Waals surface area contributed by atoms with Crippen LogP contribution in [0.25, 0.3) is 16.6 Å². The van der Waals surface area contributed by atoms with Gasteiger partial charge in [0.1, 0.15) is 18.1 Å². The van der Waals surface area contributed by atoms with E-state index in [0.717, 1.165) is 33.5 Å². The minimum Gasteiger partial charge on any atom is -0.496 e. The molecule has 1 amide bonds. The molecule has 2 atom stereocenters. The van der Waals surface area contributed by atoms with Crippen molar-refractivity contribution in [3.8, 4) is 17.2 Å². The third-order valence-electron chi connectivity index (χ3n) is 7.18. The maximum Gasteiger partial charge on any atom is 0.220 e. The van der Waals surface area contributed by atoms with Crippen molar-refractivity contribution >= 4 is 22.6 Å². The zero-order valence-electron chi connectivity index (χ0n) is 22.8. The summed E-state index contributed by atoms with van der Waals surface area (Å²) < 4.78 is 13.1. The standard InChI is InChI=1S/C32H33N5O4/c1-40-30-9-5-2-6-22(30)10-15-31(39)36-19-27(32(33)26-18-35-28-8-4-3-7-25(26)28)29(38)20-41-24-13-11-23(12-14-24)37-17-16-34-21-37/h2-9,11-14,16-18,21,27,32,35H,10,15,19-20,33H2,1H3,(H,36,39). The van der Waals surface area contributed by atoms with Crippen molar-refractivity contribution in [1.29, 1.82) is 0 Å². The molecule has 3 aromatic carbocycles. The molecule has 0 aliphatic rings. The van der Waals surface area contributed by atoms with Gasteiger partial charge in [0.2, 0.25) is 5.91 Å². The molecule has 41 heavy (non-hydrogen) atoms. The van der Waals surface area contributed by atoms with Crippen LogP contribution in [0.3, 0.4) is 0 Å². The fourth-order valence-electron chi connectivity index (χ4n) is 4.89. The van der Waals surface area contributed by atoms with Gasteiger partial charge in [0, 0.05) is 54.2 Å². The van der Waals surface area contributed by atoms with E-state index in [2.05, 4.69) is 15.3 Å². The average Bonchev–Trinajstić information content (AvgIpc) is 3.70. The lowest BCUT2D eigenvalue weighted by Crippen LogP contribution is -2.40. The number of Topliss-reactive ketones (excluding diaryl/α,β-unsaturated/α-hetero) is 1. The molecule has 2 heterocycles. The quantitative estimate of drug-likeness (QED) is 0.200. The van der Waals surface area contributed by atoms with Crippen LogP contribution in [0.1, 0.15) is 23.6 Å². The maximum absolute atomic E-state index is 13.5. The van der Waals surface area contributed by atoms with E-state index in [1.807, 2.05) is 77.6 Å². The summed E-state index contributed by atoms with van der Waals surface area (Å²) in [6, 6.07) is 22.1. The normalized spacial score (nSPS) is 12.5. The number of ketones is 1. The first kappa shape index (κ1) is 27.7. The minimum atomic E-state index is -0.699. The number of carbonyl (C=O) groups excluding carboxylic acids is 2. The Balaban J connectivity index is 1.26. The van der Waals surface area contributed by atoms with Crippen LogP contribution in [-0.2, 0) is 16.0 Å². The summed E-state index contributed by atoms with van der Waals surface area (Å²) in [7, 11) is 1.61. The number of benzene rings is 3. The fraction of sp³-hybridized carbons (Fsp3) is 0.219. The third kappa shape index (κ3) is 6.64. The second kappa shape index (κ2) is 13.0. The van der Waals surface area contributed by atoms with E-state index >= 15 is 0 Å². The molecule has 9 nitrogen and oxygen atoms in total. The van der Waals surface area contributed by atoms with Crippen LogP contribution in [0.4, 0.5) is 0 Å². The predicted octanol–water partition coefficient (Wildman–Crippen LogP) is 4.38. The number of ether oxygens (including phenoxy) is 2. The molecule has 9 heteroatoms. The second-order valence-corrected chi connectivity index (χ2v) is 9.76. The molecule has 2 aromatic heterocycles. The monoisotopic (exact) mass is 551 g/mol. The third-order valence-corrected chi connectivity index (χ3v) is 7.18. The second-order valence-electron chi connectivity index (χ2n) is 9.76. The molecule has 4 N–H and O–H groups in total. The van der Waals surface area contributed by atoms with E-state index in [4.69, 9.17) is 15.2 Å². The van der Waals surface area contributed by atoms with Crippen LogP contribution in [0, 0.1) is 5.92 Å². The Morgan fingerprint density at radius 3 is 2.61 bits per heavy atom. The SMILES string of the molecule is COc1ccccc1CCC(=O)NCC(C(=O)COc1ccc(-n2ccnc2)cc1)C(N)c1c[nH]c2ccccc12. The number of hydrogen-bond acceptors (Lipinski definition) is 6. The first-order valence-corrected chi connectivity index (χ1v) is 13.5. The Kier molecular flexibility index (Phi) is 8.76. The first-order chi connectivity index (χ1) is 20.0. The highest BCUT2D eigenvalue weighted by molar-refractivity contribution is 5.88. The number of aromatic nitrogens is 3. The summed E-state index contributed by atoms with van der Waals surface area (Å²) >= 11 is 0. The van der Waals surface area contributed by atoms with Gasteiger partial charge in [-0.25, -0.2) is 4.98 Å². The lowest BCUT2D eigenvalue weighted by molar-refractivity contribution is -0.126. The molecule has 5 rings (SSSR count). The summed E-state index contributed by atoms with van der Waals surface area (Å²) in [4.78, 5) is 33.6. The van der Waals surface area contributed by atoms with Crippen molar-refractivity contribution in [1.82, 2.24) is 19.9 Å². The Hall–Kier alpha value is -4.89. The van der Waals surface area contributed by atoms with Crippen LogP contribution in [-0.4, -0.2) is 46.5 Å². The van der Waals surface area contributed by atoms with Gasteiger partial charge >= 0.3 is 0 Å². The number of aromatic amines is 1. The molecule has 0 bridgehead atoms. The Labute approximate surface area is 238 Å². The number of fused-ring (bicyclic) bond motifs is 1. The van der Waals surface area contributed by atoms with Gasteiger partial charge in [0.25, 0.3) is 0 Å². The molecular formula is C32H33N5O4. The van der Waals surface area contributed by atoms with Gasteiger partial charge in [0.15, 0.2) is 5.78 Å². The van der Waals surface area contributed by atoms with Crippen molar-refractivity contribution in [2.24, 2.45) is 11.7 Å². The molecule has 0 saturated heterocycles. The van der Waals surface area contributed by atoms with Crippen molar-refractivity contribution in [3.63, 3.8) is 0 Å². The van der Waals surface area contributed by atoms with E-state index < -0.39 is 12.0 Å². The predicted molar refractivity (Wildman–Crippen MR) is 157 cm³/mol. The topological polar surface area (TPSA) is 124 Å². The largest absolute Gasteiger partial charge is 0.496 e. The number of para-hydroxylation sites is 2. The average molecular weight is 552 g/mol. The number of nitrogens with two attached hydrogens (primary N) is 1. The number of aryl methyl sites for hydroxylation is 1. The van der Waals surface area contributed by atoms with Gasteiger partial charge in [-0.05, 0) is 53.9 Å². The molecule has 0 aliphatic heterocycles. The van der Waals surface area contributed by atoms with Crippen molar-refractivity contribution < 1.29 is 19.1 Å². The number of amides is 1. The smallest absolute Gasteiger partial charge is 0.220 e. The lowest BCUT2D eigenvalue weighted by atomic mass is 9.90. The summed E-state index contributed by atoms with van der Waals surface area (Å²) in [5.41, 5.74) is 10.3. The molecule has 0 fully saturated rings. The zero-order valence-corrected chi connectivity index (χ0v) is 22.8. The van der Waals surface area contributed by atoms with E-state index in [1.165, 1.54) is 0 Å². The lowest BCUT2D eigenvalue weighted by Gasteiger charge is -2.23. The number of hydrogen-bond donors (Lipinski definition) is 3. The van der Waals surface area contributed by atoms with Gasteiger partial charge in [-0.3, -0.25) is 9.59 Å².